The molecular formula is C17H18FNO5. The van der Waals surface area contributed by atoms with E-state index in [1.54, 1.807) is 0 Å². The Bertz CT molecular complexity index is 779. The number of ether oxygens (including phenoxy) is 1. The lowest BCUT2D eigenvalue weighted by atomic mass is 9.70. The Hall–Kier alpha value is -2.70. The molecule has 1 aliphatic rings. The first-order valence-electron chi connectivity index (χ1n) is 7.26. The fourth-order valence-corrected chi connectivity index (χ4v) is 2.70. The summed E-state index contributed by atoms with van der Waals surface area (Å²) in [6, 6.07) is 2.69. The molecule has 0 aliphatic heterocycles. The third kappa shape index (κ3) is 2.66. The second kappa shape index (κ2) is 6.07. The third-order valence-corrected chi connectivity index (χ3v) is 3.96. The van der Waals surface area contributed by atoms with Crippen molar-refractivity contribution in [3.63, 3.8) is 0 Å². The van der Waals surface area contributed by atoms with Gasteiger partial charge in [-0.05, 0) is 32.9 Å². The highest BCUT2D eigenvalue weighted by Gasteiger charge is 2.45. The number of carbonyl (C=O) groups excluding carboxylic acids is 3. The van der Waals surface area contributed by atoms with Gasteiger partial charge in [0.2, 0.25) is 0 Å². The summed E-state index contributed by atoms with van der Waals surface area (Å²) in [5, 5.41) is 12.6. The fourth-order valence-electron chi connectivity index (χ4n) is 2.70. The highest BCUT2D eigenvalue weighted by atomic mass is 19.1. The van der Waals surface area contributed by atoms with E-state index >= 15 is 0 Å². The van der Waals surface area contributed by atoms with E-state index in [4.69, 9.17) is 4.74 Å². The number of rotatable bonds is 4. The maximum absolute atomic E-state index is 14.6. The van der Waals surface area contributed by atoms with Crippen LogP contribution < -0.4 is 10.1 Å². The molecule has 0 bridgehead atoms. The number of carbonyl (C=O) groups is 3. The molecule has 2 rings (SSSR count). The molecule has 0 aromatic heterocycles. The topological polar surface area (TPSA) is 92.7 Å². The summed E-state index contributed by atoms with van der Waals surface area (Å²) in [4.78, 5) is 35.9. The summed E-state index contributed by atoms with van der Waals surface area (Å²) in [7, 11) is 1.29. The lowest BCUT2D eigenvalue weighted by molar-refractivity contribution is -0.126. The highest BCUT2D eigenvalue weighted by Crippen LogP contribution is 2.42. The van der Waals surface area contributed by atoms with Gasteiger partial charge < -0.3 is 15.2 Å². The predicted octanol–water partition coefficient (Wildman–Crippen LogP) is 1.67. The van der Waals surface area contributed by atoms with Gasteiger partial charge in [0, 0.05) is 11.1 Å². The van der Waals surface area contributed by atoms with Crippen molar-refractivity contribution in [3.8, 4) is 5.75 Å². The van der Waals surface area contributed by atoms with Gasteiger partial charge in [-0.15, -0.1) is 0 Å². The van der Waals surface area contributed by atoms with Crippen molar-refractivity contribution in [2.75, 3.05) is 13.7 Å². The summed E-state index contributed by atoms with van der Waals surface area (Å²) in [6.45, 7) is 3.92. The minimum absolute atomic E-state index is 0.0348. The number of ketones is 2. The van der Waals surface area contributed by atoms with Gasteiger partial charge in [0.05, 0.1) is 19.1 Å². The van der Waals surface area contributed by atoms with Crippen LogP contribution in [-0.4, -0.2) is 36.2 Å². The number of hydrogen-bond donors (Lipinski definition) is 2. The Balaban J connectivity index is 2.65. The average Bonchev–Trinajstić information content (AvgIpc) is 2.51. The number of halogens is 1. The summed E-state index contributed by atoms with van der Waals surface area (Å²) in [6.07, 6.45) is 0. The van der Waals surface area contributed by atoms with E-state index in [-0.39, 0.29) is 29.2 Å². The van der Waals surface area contributed by atoms with E-state index < -0.39 is 34.3 Å². The van der Waals surface area contributed by atoms with Gasteiger partial charge in [-0.25, -0.2) is 4.39 Å². The van der Waals surface area contributed by atoms with E-state index in [0.717, 1.165) is 0 Å². The van der Waals surface area contributed by atoms with E-state index in [2.05, 4.69) is 5.32 Å². The van der Waals surface area contributed by atoms with Gasteiger partial charge in [0.25, 0.3) is 5.91 Å². The van der Waals surface area contributed by atoms with Crippen LogP contribution in [-0.2, 0) is 19.8 Å². The summed E-state index contributed by atoms with van der Waals surface area (Å²) < 4.78 is 19.5. The molecule has 1 aromatic carbocycles. The number of nitrogens with one attached hydrogen (secondary N) is 1. The van der Waals surface area contributed by atoms with Crippen molar-refractivity contribution in [2.24, 2.45) is 0 Å². The standard InChI is InChI=1S/C17H18FNO5/c1-8(20)7-19-16(23)11-14(21)9-5-6-10(24-4)13(18)12(9)17(2,3)15(11)22/h5-6,21H,7H2,1-4H3,(H,19,23). The van der Waals surface area contributed by atoms with Crippen LogP contribution in [0.1, 0.15) is 31.9 Å². The van der Waals surface area contributed by atoms with Crippen molar-refractivity contribution in [1.29, 1.82) is 0 Å². The number of fused-ring (bicyclic) bond motifs is 1. The fraction of sp³-hybridized carbons (Fsp3) is 0.353. The van der Waals surface area contributed by atoms with E-state index in [9.17, 15) is 23.9 Å². The van der Waals surface area contributed by atoms with Crippen LogP contribution >= 0.6 is 0 Å². The highest BCUT2D eigenvalue weighted by molar-refractivity contribution is 6.28. The monoisotopic (exact) mass is 335 g/mol. The lowest BCUT2D eigenvalue weighted by Crippen LogP contribution is -2.42. The van der Waals surface area contributed by atoms with Crippen LogP contribution in [0.15, 0.2) is 17.7 Å². The maximum atomic E-state index is 14.6. The van der Waals surface area contributed by atoms with Crippen LogP contribution in [0, 0.1) is 5.82 Å². The minimum Gasteiger partial charge on any atom is -0.506 e. The Morgan fingerprint density at radius 1 is 1.33 bits per heavy atom. The molecule has 0 fully saturated rings. The molecular weight excluding hydrogens is 317 g/mol. The number of aliphatic hydroxyl groups is 1. The molecule has 7 heteroatoms. The number of benzene rings is 1. The van der Waals surface area contributed by atoms with Crippen molar-refractivity contribution >= 4 is 23.2 Å². The van der Waals surface area contributed by atoms with Crippen LogP contribution in [0.4, 0.5) is 4.39 Å². The maximum Gasteiger partial charge on any atom is 0.259 e. The Labute approximate surface area is 138 Å². The van der Waals surface area contributed by atoms with E-state index in [1.807, 2.05) is 0 Å². The zero-order valence-corrected chi connectivity index (χ0v) is 13.8. The number of hydrogen-bond acceptors (Lipinski definition) is 5. The second-order valence-corrected chi connectivity index (χ2v) is 6.07. The SMILES string of the molecule is COc1ccc2c(c1F)C(C)(C)C(=O)C(C(=O)NCC(C)=O)=C2O. The Morgan fingerprint density at radius 2 is 1.96 bits per heavy atom. The van der Waals surface area contributed by atoms with Crippen molar-refractivity contribution < 1.29 is 28.6 Å². The summed E-state index contributed by atoms with van der Waals surface area (Å²) in [5.74, 6) is -3.35. The minimum atomic E-state index is -1.39. The molecule has 1 aromatic rings. The van der Waals surface area contributed by atoms with Gasteiger partial charge in [0.15, 0.2) is 17.3 Å². The zero-order chi connectivity index (χ0) is 18.2. The molecule has 128 valence electrons. The number of methoxy groups -OCH3 is 1. The molecule has 1 aliphatic carbocycles. The number of Topliss-reactive ketones (excluding diaryl/α,β-unsaturated/α-hetero) is 2. The van der Waals surface area contributed by atoms with Crippen molar-refractivity contribution in [3.05, 3.63) is 34.6 Å². The normalized spacial score (nSPS) is 15.8. The first kappa shape index (κ1) is 17.7. The molecule has 1 amide bonds. The summed E-state index contributed by atoms with van der Waals surface area (Å²) in [5.41, 5.74) is -1.86. The molecule has 24 heavy (non-hydrogen) atoms. The van der Waals surface area contributed by atoms with Crippen molar-refractivity contribution in [2.45, 2.75) is 26.2 Å². The molecule has 0 radical (unpaired) electrons. The largest absolute Gasteiger partial charge is 0.506 e. The molecule has 6 nitrogen and oxygen atoms in total. The summed E-state index contributed by atoms with van der Waals surface area (Å²) >= 11 is 0. The van der Waals surface area contributed by atoms with Crippen LogP contribution in [0.5, 0.6) is 5.75 Å². The molecule has 0 heterocycles. The number of amides is 1. The van der Waals surface area contributed by atoms with Gasteiger partial charge in [-0.2, -0.15) is 0 Å². The quantitative estimate of drug-likeness (QED) is 0.817. The van der Waals surface area contributed by atoms with Gasteiger partial charge in [0.1, 0.15) is 17.1 Å². The lowest BCUT2D eigenvalue weighted by Gasteiger charge is -2.32. The van der Waals surface area contributed by atoms with Gasteiger partial charge in [-0.1, -0.05) is 0 Å². The van der Waals surface area contributed by atoms with Gasteiger partial charge in [-0.3, -0.25) is 14.4 Å². The first-order chi connectivity index (χ1) is 11.1. The van der Waals surface area contributed by atoms with Crippen LogP contribution in [0.3, 0.4) is 0 Å². The smallest absolute Gasteiger partial charge is 0.259 e. The van der Waals surface area contributed by atoms with Crippen LogP contribution in [0.2, 0.25) is 0 Å². The van der Waals surface area contributed by atoms with E-state index in [0.29, 0.717) is 0 Å². The zero-order valence-electron chi connectivity index (χ0n) is 13.8. The number of aliphatic hydroxyl groups excluding tert-OH is 1. The molecule has 0 saturated carbocycles. The Kier molecular flexibility index (Phi) is 4.46. The molecule has 0 unspecified atom stereocenters. The molecule has 0 spiro atoms. The molecule has 2 N–H and O–H groups in total. The second-order valence-electron chi connectivity index (χ2n) is 6.07. The average molecular weight is 335 g/mol. The van der Waals surface area contributed by atoms with Gasteiger partial charge >= 0.3 is 0 Å². The van der Waals surface area contributed by atoms with Crippen LogP contribution in [0.25, 0.3) is 5.76 Å². The van der Waals surface area contributed by atoms with Crippen molar-refractivity contribution in [1.82, 2.24) is 5.32 Å². The predicted molar refractivity (Wildman–Crippen MR) is 84.2 cm³/mol. The molecule has 0 atom stereocenters. The Morgan fingerprint density at radius 3 is 2.50 bits per heavy atom. The first-order valence-corrected chi connectivity index (χ1v) is 7.26. The third-order valence-electron chi connectivity index (χ3n) is 3.96. The van der Waals surface area contributed by atoms with E-state index in [1.165, 1.54) is 40.0 Å². The molecule has 0 saturated heterocycles.